The molecule has 0 aliphatic carbocycles. The molecule has 0 spiro atoms. The van der Waals surface area contributed by atoms with Crippen LogP contribution < -0.4 is 10.0 Å². The van der Waals surface area contributed by atoms with Crippen LogP contribution in [0.4, 0.5) is 0 Å². The number of aryl methyl sites for hydroxylation is 1. The normalized spacial score (nSPS) is 19.5. The van der Waals surface area contributed by atoms with E-state index in [4.69, 9.17) is 4.74 Å². The minimum Gasteiger partial charge on any atom is -0.377 e. The second-order valence-electron chi connectivity index (χ2n) is 5.69. The molecular formula is C14H24N2O3S2. The van der Waals surface area contributed by atoms with E-state index in [1.54, 1.807) is 0 Å². The van der Waals surface area contributed by atoms with Gasteiger partial charge in [-0.05, 0) is 30.7 Å². The van der Waals surface area contributed by atoms with E-state index in [1.807, 2.05) is 26.2 Å². The maximum Gasteiger partial charge on any atom is 0.242 e. The zero-order valence-electron chi connectivity index (χ0n) is 12.8. The standard InChI is InChI=1S/C14H24N2O3S2/c1-10(2)15-8-13-14(11(3)9-20-13)21(17,18)16-7-12-5-4-6-19-12/h9-10,12,15-16H,4-8H2,1-3H3. The van der Waals surface area contributed by atoms with E-state index in [-0.39, 0.29) is 6.10 Å². The molecule has 1 saturated heterocycles. The van der Waals surface area contributed by atoms with E-state index in [1.165, 1.54) is 11.3 Å². The predicted molar refractivity (Wildman–Crippen MR) is 85.2 cm³/mol. The summed E-state index contributed by atoms with van der Waals surface area (Å²) in [7, 11) is -3.47. The predicted octanol–water partition coefficient (Wildman–Crippen LogP) is 2.01. The number of nitrogens with one attached hydrogen (secondary N) is 2. The fourth-order valence-corrected chi connectivity index (χ4v) is 5.17. The Bertz CT molecular complexity index is 561. The lowest BCUT2D eigenvalue weighted by atomic mass is 10.2. The first-order valence-corrected chi connectivity index (χ1v) is 9.68. The van der Waals surface area contributed by atoms with Crippen molar-refractivity contribution in [1.82, 2.24) is 10.0 Å². The van der Waals surface area contributed by atoms with Crippen molar-refractivity contribution in [2.24, 2.45) is 0 Å². The van der Waals surface area contributed by atoms with Gasteiger partial charge in [0.2, 0.25) is 10.0 Å². The third-order valence-corrected chi connectivity index (χ3v) is 6.34. The SMILES string of the molecule is Cc1csc(CNC(C)C)c1S(=O)(=O)NCC1CCCO1. The largest absolute Gasteiger partial charge is 0.377 e. The van der Waals surface area contributed by atoms with Crippen LogP contribution in [-0.4, -0.2) is 33.7 Å². The molecule has 0 saturated carbocycles. The molecule has 1 aromatic rings. The number of thiophene rings is 1. The monoisotopic (exact) mass is 332 g/mol. The average Bonchev–Trinajstić information content (AvgIpc) is 3.03. The number of rotatable bonds is 7. The Morgan fingerprint density at radius 3 is 2.86 bits per heavy atom. The number of hydrogen-bond acceptors (Lipinski definition) is 5. The van der Waals surface area contributed by atoms with Crippen molar-refractivity contribution in [3.63, 3.8) is 0 Å². The van der Waals surface area contributed by atoms with E-state index in [2.05, 4.69) is 10.0 Å². The summed E-state index contributed by atoms with van der Waals surface area (Å²) in [6.45, 7) is 7.60. The lowest BCUT2D eigenvalue weighted by molar-refractivity contribution is 0.114. The van der Waals surface area contributed by atoms with E-state index in [9.17, 15) is 8.42 Å². The van der Waals surface area contributed by atoms with Crippen LogP contribution in [0, 0.1) is 6.92 Å². The molecule has 7 heteroatoms. The molecule has 2 heterocycles. The van der Waals surface area contributed by atoms with Crippen LogP contribution in [-0.2, 0) is 21.3 Å². The molecule has 0 aromatic carbocycles. The lowest BCUT2D eigenvalue weighted by Gasteiger charge is -2.13. The first-order chi connectivity index (χ1) is 9.90. The van der Waals surface area contributed by atoms with Crippen LogP contribution in [0.5, 0.6) is 0 Å². The van der Waals surface area contributed by atoms with Gasteiger partial charge < -0.3 is 10.1 Å². The highest BCUT2D eigenvalue weighted by molar-refractivity contribution is 7.89. The second kappa shape index (κ2) is 7.19. The first-order valence-electron chi connectivity index (χ1n) is 7.31. The fourth-order valence-electron chi connectivity index (χ4n) is 2.35. The first kappa shape index (κ1) is 16.9. The van der Waals surface area contributed by atoms with Crippen molar-refractivity contribution >= 4 is 21.4 Å². The quantitative estimate of drug-likeness (QED) is 0.801. The highest BCUT2D eigenvalue weighted by atomic mass is 32.2. The number of hydrogen-bond donors (Lipinski definition) is 2. The molecule has 1 aliphatic rings. The Morgan fingerprint density at radius 1 is 1.48 bits per heavy atom. The van der Waals surface area contributed by atoms with Crippen LogP contribution in [0.1, 0.15) is 37.1 Å². The summed E-state index contributed by atoms with van der Waals surface area (Å²) in [5.41, 5.74) is 0.806. The Balaban J connectivity index is 2.08. The van der Waals surface area contributed by atoms with Crippen molar-refractivity contribution in [3.8, 4) is 0 Å². The molecule has 1 aliphatic heterocycles. The van der Waals surface area contributed by atoms with Crippen LogP contribution in [0.15, 0.2) is 10.3 Å². The Morgan fingerprint density at radius 2 is 2.24 bits per heavy atom. The Hall–Kier alpha value is -0.470. The van der Waals surface area contributed by atoms with Gasteiger partial charge in [0.25, 0.3) is 0 Å². The maximum atomic E-state index is 12.5. The van der Waals surface area contributed by atoms with Gasteiger partial charge in [-0.2, -0.15) is 0 Å². The summed E-state index contributed by atoms with van der Waals surface area (Å²) in [6.07, 6.45) is 1.94. The smallest absolute Gasteiger partial charge is 0.242 e. The molecule has 0 bridgehead atoms. The van der Waals surface area contributed by atoms with Gasteiger partial charge >= 0.3 is 0 Å². The molecule has 0 radical (unpaired) electrons. The molecule has 21 heavy (non-hydrogen) atoms. The summed E-state index contributed by atoms with van der Waals surface area (Å²) in [5.74, 6) is 0. The van der Waals surface area contributed by atoms with E-state index >= 15 is 0 Å². The van der Waals surface area contributed by atoms with Crippen LogP contribution in [0.2, 0.25) is 0 Å². The molecule has 0 amide bonds. The minimum absolute atomic E-state index is 0.0101. The van der Waals surface area contributed by atoms with E-state index in [0.29, 0.717) is 24.0 Å². The van der Waals surface area contributed by atoms with Gasteiger partial charge in [0.05, 0.1) is 6.10 Å². The summed E-state index contributed by atoms with van der Waals surface area (Å²) in [4.78, 5) is 1.29. The summed E-state index contributed by atoms with van der Waals surface area (Å²) in [5, 5.41) is 5.18. The van der Waals surface area contributed by atoms with E-state index in [0.717, 1.165) is 29.9 Å². The molecule has 2 rings (SSSR count). The maximum absolute atomic E-state index is 12.5. The molecule has 1 atom stereocenters. The lowest BCUT2D eigenvalue weighted by Crippen LogP contribution is -2.33. The summed E-state index contributed by atoms with van der Waals surface area (Å²) in [6, 6.07) is 0.322. The van der Waals surface area contributed by atoms with Crippen molar-refractivity contribution < 1.29 is 13.2 Å². The van der Waals surface area contributed by atoms with Crippen molar-refractivity contribution in [3.05, 3.63) is 15.8 Å². The molecule has 1 unspecified atom stereocenters. The molecule has 1 fully saturated rings. The summed E-state index contributed by atoms with van der Waals surface area (Å²) >= 11 is 1.49. The molecular weight excluding hydrogens is 308 g/mol. The molecule has 5 nitrogen and oxygen atoms in total. The Labute approximate surface area is 131 Å². The third kappa shape index (κ3) is 4.50. The van der Waals surface area contributed by atoms with Gasteiger partial charge in [-0.15, -0.1) is 11.3 Å². The number of ether oxygens (including phenoxy) is 1. The zero-order chi connectivity index (χ0) is 15.5. The zero-order valence-corrected chi connectivity index (χ0v) is 14.4. The van der Waals surface area contributed by atoms with Crippen LogP contribution in [0.3, 0.4) is 0 Å². The van der Waals surface area contributed by atoms with Gasteiger partial charge in [-0.1, -0.05) is 13.8 Å². The summed E-state index contributed by atoms with van der Waals surface area (Å²) < 4.78 is 33.3. The van der Waals surface area contributed by atoms with Crippen molar-refractivity contribution in [2.75, 3.05) is 13.2 Å². The molecule has 1 aromatic heterocycles. The van der Waals surface area contributed by atoms with Gasteiger partial charge in [0, 0.05) is 30.6 Å². The highest BCUT2D eigenvalue weighted by Crippen LogP contribution is 2.27. The van der Waals surface area contributed by atoms with Gasteiger partial charge in [0.1, 0.15) is 4.90 Å². The van der Waals surface area contributed by atoms with E-state index < -0.39 is 10.0 Å². The van der Waals surface area contributed by atoms with Crippen molar-refractivity contribution in [1.29, 1.82) is 0 Å². The van der Waals surface area contributed by atoms with Crippen LogP contribution >= 0.6 is 11.3 Å². The highest BCUT2D eigenvalue weighted by Gasteiger charge is 2.25. The molecule has 120 valence electrons. The topological polar surface area (TPSA) is 67.4 Å². The second-order valence-corrected chi connectivity index (χ2v) is 8.36. The van der Waals surface area contributed by atoms with Crippen molar-refractivity contribution in [2.45, 2.75) is 57.2 Å². The average molecular weight is 332 g/mol. The van der Waals surface area contributed by atoms with Crippen LogP contribution in [0.25, 0.3) is 0 Å². The van der Waals surface area contributed by atoms with Gasteiger partial charge in [-0.3, -0.25) is 0 Å². The molecule has 2 N–H and O–H groups in total. The minimum atomic E-state index is -3.47. The Kier molecular flexibility index (Phi) is 5.79. The third-order valence-electron chi connectivity index (χ3n) is 3.45. The van der Waals surface area contributed by atoms with Gasteiger partial charge in [0.15, 0.2) is 0 Å². The number of sulfonamides is 1. The fraction of sp³-hybridized carbons (Fsp3) is 0.714. The van der Waals surface area contributed by atoms with Gasteiger partial charge in [-0.25, -0.2) is 13.1 Å².